The lowest BCUT2D eigenvalue weighted by Crippen LogP contribution is -2.47. The van der Waals surface area contributed by atoms with Gasteiger partial charge in [-0.25, -0.2) is 9.59 Å². The van der Waals surface area contributed by atoms with Crippen LogP contribution in [-0.2, 0) is 28.9 Å². The van der Waals surface area contributed by atoms with Crippen molar-refractivity contribution in [2.24, 2.45) is 5.73 Å². The number of fused-ring (bicyclic) bond motifs is 3. The monoisotopic (exact) mass is 602 g/mol. The Kier molecular flexibility index (Phi) is 8.65. The van der Waals surface area contributed by atoms with Crippen LogP contribution in [0.5, 0.6) is 23.0 Å². The summed E-state index contributed by atoms with van der Waals surface area (Å²) >= 11 is 0. The van der Waals surface area contributed by atoms with Gasteiger partial charge in [-0.2, -0.15) is 0 Å². The molecule has 0 radical (unpaired) electrons. The fraction of sp³-hybridized carbons (Fsp3) is 0.258. The lowest BCUT2D eigenvalue weighted by atomic mass is 9.98. The third kappa shape index (κ3) is 6.56. The van der Waals surface area contributed by atoms with Crippen LogP contribution < -0.4 is 35.3 Å². The lowest BCUT2D eigenvalue weighted by Gasteiger charge is -2.26. The number of amides is 1. The molecular formula is C31H30N4O9. The quantitative estimate of drug-likeness (QED) is 0.115. The summed E-state index contributed by atoms with van der Waals surface area (Å²) in [5.74, 6) is -2.64. The van der Waals surface area contributed by atoms with Crippen molar-refractivity contribution in [3.8, 4) is 23.0 Å². The highest BCUT2D eigenvalue weighted by molar-refractivity contribution is 6.02. The first-order valence-corrected chi connectivity index (χ1v) is 13.8. The van der Waals surface area contributed by atoms with Gasteiger partial charge in [-0.15, -0.1) is 0 Å². The number of carbonyl (C=O) groups is 4. The molecule has 0 unspecified atom stereocenters. The number of ether oxygens (including phenoxy) is 4. The van der Waals surface area contributed by atoms with Crippen LogP contribution >= 0.6 is 0 Å². The number of guanidine groups is 1. The predicted octanol–water partition coefficient (Wildman–Crippen LogP) is 2.82. The normalized spacial score (nSPS) is 15.6. The maximum Gasteiger partial charge on any atom is 0.343 e. The van der Waals surface area contributed by atoms with Gasteiger partial charge in [0.05, 0.1) is 24.8 Å². The SMILES string of the molecule is COc1ccc2c(c1)OC(=O)[C@@H](NC(=O)c1c(CCC(=O)O)ccc3c1OCCCc1cc(NC(=N)N)ccc1C(=O)O3)C2. The van der Waals surface area contributed by atoms with Crippen LogP contribution in [-0.4, -0.2) is 54.6 Å². The van der Waals surface area contributed by atoms with E-state index in [0.717, 1.165) is 0 Å². The minimum Gasteiger partial charge on any atom is -0.497 e. The number of rotatable bonds is 7. The smallest absolute Gasteiger partial charge is 0.343 e. The highest BCUT2D eigenvalue weighted by Gasteiger charge is 2.33. The number of carboxylic acids is 1. The summed E-state index contributed by atoms with van der Waals surface area (Å²) in [5.41, 5.74) is 7.89. The molecule has 2 aliphatic heterocycles. The second-order valence-corrected chi connectivity index (χ2v) is 10.2. The molecule has 2 heterocycles. The fourth-order valence-electron chi connectivity index (χ4n) is 5.10. The van der Waals surface area contributed by atoms with Crippen LogP contribution in [0.25, 0.3) is 0 Å². The number of esters is 2. The second-order valence-electron chi connectivity index (χ2n) is 10.2. The minimum atomic E-state index is -1.07. The maximum absolute atomic E-state index is 13.8. The first-order chi connectivity index (χ1) is 21.1. The van der Waals surface area contributed by atoms with Crippen LogP contribution in [0, 0.1) is 5.41 Å². The zero-order valence-electron chi connectivity index (χ0n) is 23.7. The molecule has 6 N–H and O–H groups in total. The van der Waals surface area contributed by atoms with E-state index < -0.39 is 29.9 Å². The van der Waals surface area contributed by atoms with Gasteiger partial charge in [0.1, 0.15) is 17.5 Å². The van der Waals surface area contributed by atoms with Crippen molar-refractivity contribution >= 4 is 35.5 Å². The molecule has 0 aliphatic carbocycles. The largest absolute Gasteiger partial charge is 0.497 e. The van der Waals surface area contributed by atoms with Crippen LogP contribution in [0.15, 0.2) is 48.5 Å². The van der Waals surface area contributed by atoms with E-state index in [4.69, 9.17) is 30.1 Å². The van der Waals surface area contributed by atoms with Crippen LogP contribution in [0.2, 0.25) is 0 Å². The number of methoxy groups -OCH3 is 1. The van der Waals surface area contributed by atoms with Gasteiger partial charge in [0.25, 0.3) is 5.91 Å². The Bertz CT molecular complexity index is 1670. The van der Waals surface area contributed by atoms with E-state index in [1.807, 2.05) is 0 Å². The summed E-state index contributed by atoms with van der Waals surface area (Å²) in [4.78, 5) is 51.4. The molecule has 0 saturated heterocycles. The van der Waals surface area contributed by atoms with Crippen molar-refractivity contribution in [3.05, 3.63) is 76.3 Å². The molecule has 228 valence electrons. The number of nitrogens with one attached hydrogen (secondary N) is 3. The van der Waals surface area contributed by atoms with Gasteiger partial charge < -0.3 is 40.4 Å². The van der Waals surface area contributed by atoms with E-state index in [1.54, 1.807) is 36.4 Å². The molecule has 3 aromatic carbocycles. The zero-order valence-corrected chi connectivity index (χ0v) is 23.7. The minimum absolute atomic E-state index is 0.0187. The van der Waals surface area contributed by atoms with Gasteiger partial charge in [0.15, 0.2) is 17.5 Å². The average Bonchev–Trinajstić information content (AvgIpc) is 2.98. The van der Waals surface area contributed by atoms with Crippen molar-refractivity contribution in [1.82, 2.24) is 5.32 Å². The predicted molar refractivity (Wildman–Crippen MR) is 157 cm³/mol. The summed E-state index contributed by atoms with van der Waals surface area (Å²) in [7, 11) is 1.49. The van der Waals surface area contributed by atoms with Crippen LogP contribution in [0.3, 0.4) is 0 Å². The van der Waals surface area contributed by atoms with E-state index in [0.29, 0.717) is 46.7 Å². The Balaban J connectivity index is 1.47. The van der Waals surface area contributed by atoms with Gasteiger partial charge in [0, 0.05) is 24.6 Å². The maximum atomic E-state index is 13.8. The number of hydrogen-bond donors (Lipinski definition) is 5. The summed E-state index contributed by atoms with van der Waals surface area (Å²) < 4.78 is 22.4. The Morgan fingerprint density at radius 3 is 2.64 bits per heavy atom. The van der Waals surface area contributed by atoms with E-state index in [9.17, 15) is 24.3 Å². The number of nitrogens with two attached hydrogens (primary N) is 1. The average molecular weight is 603 g/mol. The zero-order chi connectivity index (χ0) is 31.4. The summed E-state index contributed by atoms with van der Waals surface area (Å²) in [5, 5.41) is 22.2. The Morgan fingerprint density at radius 2 is 1.89 bits per heavy atom. The highest BCUT2D eigenvalue weighted by Crippen LogP contribution is 2.37. The van der Waals surface area contributed by atoms with Crippen LogP contribution in [0.1, 0.15) is 50.2 Å². The van der Waals surface area contributed by atoms with E-state index >= 15 is 0 Å². The number of aryl methyl sites for hydroxylation is 2. The molecule has 1 atom stereocenters. The Morgan fingerprint density at radius 1 is 1.07 bits per heavy atom. The van der Waals surface area contributed by atoms with E-state index in [2.05, 4.69) is 10.6 Å². The number of carbonyl (C=O) groups excluding carboxylic acids is 3. The number of benzene rings is 3. The molecule has 0 bridgehead atoms. The van der Waals surface area contributed by atoms with Crippen molar-refractivity contribution in [2.45, 2.75) is 38.1 Å². The molecule has 0 saturated carbocycles. The van der Waals surface area contributed by atoms with Crippen LogP contribution in [0.4, 0.5) is 5.69 Å². The van der Waals surface area contributed by atoms with Gasteiger partial charge in [-0.3, -0.25) is 15.0 Å². The molecule has 0 fully saturated rings. The number of carboxylic acid groups (broad SMARTS) is 1. The molecule has 13 heteroatoms. The molecule has 0 aromatic heterocycles. The highest BCUT2D eigenvalue weighted by atomic mass is 16.6. The molecule has 13 nitrogen and oxygen atoms in total. The van der Waals surface area contributed by atoms with Gasteiger partial charge in [-0.1, -0.05) is 12.1 Å². The van der Waals surface area contributed by atoms with Gasteiger partial charge >= 0.3 is 17.9 Å². The lowest BCUT2D eigenvalue weighted by molar-refractivity contribution is -0.138. The standard InChI is InChI=1S/C31H30N4O9/c1-41-20-8-4-18-14-22(30(40)44-24(18)15-20)35-28(38)26-16(6-11-25(36)37)5-10-23-27(26)42-12-2-3-17-13-19(34-31(32)33)7-9-21(17)29(39)43-23/h4-5,7-10,13,15,22H,2-3,6,11-12,14H2,1H3,(H,35,38)(H,36,37)(H4,32,33,34)/t22-/m0/s1. The number of hydrogen-bond acceptors (Lipinski definition) is 9. The van der Waals surface area contributed by atoms with E-state index in [1.165, 1.54) is 19.2 Å². The van der Waals surface area contributed by atoms with E-state index in [-0.39, 0.29) is 54.5 Å². The second kappa shape index (κ2) is 12.7. The van der Waals surface area contributed by atoms with Crippen molar-refractivity contribution < 1.29 is 43.2 Å². The van der Waals surface area contributed by atoms with Gasteiger partial charge in [0.2, 0.25) is 0 Å². The molecule has 44 heavy (non-hydrogen) atoms. The van der Waals surface area contributed by atoms with Crippen molar-refractivity contribution in [2.75, 3.05) is 19.0 Å². The Hall–Kier alpha value is -5.59. The molecule has 2 aliphatic rings. The summed E-state index contributed by atoms with van der Waals surface area (Å²) in [6, 6.07) is 11.8. The first kappa shape index (κ1) is 29.9. The molecule has 3 aromatic rings. The topological polar surface area (TPSA) is 199 Å². The molecule has 1 amide bonds. The third-order valence-corrected chi connectivity index (χ3v) is 7.19. The first-order valence-electron chi connectivity index (χ1n) is 13.8. The van der Waals surface area contributed by atoms with Crippen molar-refractivity contribution in [3.63, 3.8) is 0 Å². The Labute approximate surface area is 251 Å². The molecule has 5 rings (SSSR count). The fourth-order valence-corrected chi connectivity index (χ4v) is 5.10. The number of anilines is 1. The van der Waals surface area contributed by atoms with Crippen molar-refractivity contribution in [1.29, 1.82) is 5.41 Å². The van der Waals surface area contributed by atoms with Gasteiger partial charge in [-0.05, 0) is 66.3 Å². The molecular weight excluding hydrogens is 572 g/mol. The third-order valence-electron chi connectivity index (χ3n) is 7.19. The summed E-state index contributed by atoms with van der Waals surface area (Å²) in [6.45, 7) is 0.123. The molecule has 0 spiro atoms. The summed E-state index contributed by atoms with van der Waals surface area (Å²) in [6.07, 6.45) is 0.708. The number of aliphatic carboxylic acids is 1.